The van der Waals surface area contributed by atoms with Gasteiger partial charge in [-0.1, -0.05) is 75.0 Å². The van der Waals surface area contributed by atoms with Gasteiger partial charge in [-0.25, -0.2) is 0 Å². The lowest BCUT2D eigenvalue weighted by molar-refractivity contribution is 0.589. The Balaban J connectivity index is 1.81. The van der Waals surface area contributed by atoms with E-state index in [1.54, 1.807) is 11.8 Å². The molecule has 0 amide bonds. The Bertz CT molecular complexity index is 882. The van der Waals surface area contributed by atoms with Gasteiger partial charge in [0, 0.05) is 18.4 Å². The fourth-order valence-electron chi connectivity index (χ4n) is 3.07. The van der Waals surface area contributed by atoms with Gasteiger partial charge in [-0.05, 0) is 41.5 Å². The molecule has 0 bridgehead atoms. The van der Waals surface area contributed by atoms with E-state index in [1.807, 2.05) is 25.2 Å². The molecule has 0 unspecified atom stereocenters. The largest absolute Gasteiger partial charge is 0.305 e. The number of benzene rings is 2. The quantitative estimate of drug-likeness (QED) is 0.557. The monoisotopic (exact) mass is 365 g/mol. The van der Waals surface area contributed by atoms with E-state index in [9.17, 15) is 0 Å². The molecule has 0 fully saturated rings. The van der Waals surface area contributed by atoms with Crippen LogP contribution in [0.5, 0.6) is 0 Å². The van der Waals surface area contributed by atoms with E-state index < -0.39 is 0 Å². The smallest absolute Gasteiger partial charge is 0.191 e. The van der Waals surface area contributed by atoms with Gasteiger partial charge in [-0.2, -0.15) is 0 Å². The molecule has 0 saturated heterocycles. The second-order valence-electron chi connectivity index (χ2n) is 7.86. The van der Waals surface area contributed by atoms with Crippen molar-refractivity contribution in [2.24, 2.45) is 7.05 Å². The van der Waals surface area contributed by atoms with Crippen LogP contribution in [0.15, 0.2) is 47.6 Å². The summed E-state index contributed by atoms with van der Waals surface area (Å²) in [5.74, 6) is 1.81. The van der Waals surface area contributed by atoms with Crippen LogP contribution >= 0.6 is 11.8 Å². The lowest BCUT2D eigenvalue weighted by atomic mass is 9.84. The van der Waals surface area contributed by atoms with Crippen LogP contribution in [-0.4, -0.2) is 14.8 Å². The van der Waals surface area contributed by atoms with E-state index in [1.165, 1.54) is 22.3 Å². The van der Waals surface area contributed by atoms with E-state index in [0.717, 1.165) is 22.3 Å². The summed E-state index contributed by atoms with van der Waals surface area (Å²) in [6, 6.07) is 14.9. The van der Waals surface area contributed by atoms with Crippen LogP contribution in [0.3, 0.4) is 0 Å². The summed E-state index contributed by atoms with van der Waals surface area (Å²) in [4.78, 5) is 0. The van der Waals surface area contributed by atoms with Gasteiger partial charge >= 0.3 is 0 Å². The molecule has 3 rings (SSSR count). The average Bonchev–Trinajstić information content (AvgIpc) is 2.95. The van der Waals surface area contributed by atoms with Gasteiger partial charge in [-0.3, -0.25) is 0 Å². The van der Waals surface area contributed by atoms with Crippen LogP contribution in [0.1, 0.15) is 43.0 Å². The molecule has 0 aliphatic carbocycles. The highest BCUT2D eigenvalue weighted by atomic mass is 32.2. The van der Waals surface area contributed by atoms with Gasteiger partial charge in [0.2, 0.25) is 0 Å². The second-order valence-corrected chi connectivity index (χ2v) is 8.80. The first-order chi connectivity index (χ1) is 12.3. The summed E-state index contributed by atoms with van der Waals surface area (Å²) in [7, 11) is 2.03. The number of nitrogens with zero attached hydrogens (tertiary/aromatic N) is 3. The molecular weight excluding hydrogens is 338 g/mol. The molecule has 2 aromatic carbocycles. The van der Waals surface area contributed by atoms with Crippen LogP contribution in [-0.2, 0) is 18.2 Å². The molecule has 0 aliphatic heterocycles. The van der Waals surface area contributed by atoms with Gasteiger partial charge in [0.25, 0.3) is 0 Å². The van der Waals surface area contributed by atoms with Crippen LogP contribution < -0.4 is 0 Å². The van der Waals surface area contributed by atoms with E-state index >= 15 is 0 Å². The molecule has 0 spiro atoms. The van der Waals surface area contributed by atoms with E-state index in [0.29, 0.717) is 0 Å². The molecule has 3 nitrogen and oxygen atoms in total. The van der Waals surface area contributed by atoms with Crippen molar-refractivity contribution >= 4 is 11.8 Å². The van der Waals surface area contributed by atoms with Gasteiger partial charge < -0.3 is 4.57 Å². The molecule has 26 heavy (non-hydrogen) atoms. The van der Waals surface area contributed by atoms with E-state index in [-0.39, 0.29) is 5.41 Å². The first kappa shape index (κ1) is 18.7. The van der Waals surface area contributed by atoms with Gasteiger partial charge in [0.05, 0.1) is 0 Å². The number of rotatable bonds is 4. The number of hydrogen-bond donors (Lipinski definition) is 0. The first-order valence-electron chi connectivity index (χ1n) is 8.95. The molecule has 0 aliphatic rings. The van der Waals surface area contributed by atoms with Crippen molar-refractivity contribution in [3.63, 3.8) is 0 Å². The number of aromatic nitrogens is 3. The minimum Gasteiger partial charge on any atom is -0.305 e. The zero-order chi connectivity index (χ0) is 18.9. The van der Waals surface area contributed by atoms with Crippen LogP contribution in [0.25, 0.3) is 11.4 Å². The van der Waals surface area contributed by atoms with Gasteiger partial charge in [0.1, 0.15) is 0 Å². The highest BCUT2D eigenvalue weighted by molar-refractivity contribution is 7.98. The SMILES string of the molecule is Cc1cc(C(C)(C)C)cc(C)c1CSc1nnc(-c2ccccc2)n1C. The molecule has 136 valence electrons. The topological polar surface area (TPSA) is 30.7 Å². The molecule has 0 N–H and O–H groups in total. The van der Waals surface area contributed by atoms with Gasteiger partial charge in [-0.15, -0.1) is 10.2 Å². The molecular formula is C22H27N3S. The molecule has 0 atom stereocenters. The highest BCUT2D eigenvalue weighted by Gasteiger charge is 2.17. The average molecular weight is 366 g/mol. The third-order valence-electron chi connectivity index (χ3n) is 4.77. The fraction of sp³-hybridized carbons (Fsp3) is 0.364. The standard InChI is InChI=1S/C22H27N3S/c1-15-12-18(22(3,4)5)13-16(2)19(15)14-26-21-24-23-20(25(21)6)17-10-8-7-9-11-17/h7-13H,14H2,1-6H3. The maximum atomic E-state index is 4.40. The van der Waals surface area contributed by atoms with Crippen LogP contribution in [0.4, 0.5) is 0 Å². The van der Waals surface area contributed by atoms with E-state index in [2.05, 4.69) is 73.6 Å². The fourth-order valence-corrected chi connectivity index (χ4v) is 4.18. The summed E-state index contributed by atoms with van der Waals surface area (Å²) in [6.45, 7) is 11.2. The predicted molar refractivity (Wildman–Crippen MR) is 111 cm³/mol. The number of thioether (sulfide) groups is 1. The summed E-state index contributed by atoms with van der Waals surface area (Å²) in [5.41, 5.74) is 6.77. The molecule has 0 saturated carbocycles. The van der Waals surface area contributed by atoms with Crippen molar-refractivity contribution in [2.75, 3.05) is 0 Å². The first-order valence-corrected chi connectivity index (χ1v) is 9.94. The molecule has 0 radical (unpaired) electrons. The predicted octanol–water partition coefficient (Wildman–Crippen LogP) is 5.69. The molecule has 3 aromatic rings. The zero-order valence-electron chi connectivity index (χ0n) is 16.5. The number of hydrogen-bond acceptors (Lipinski definition) is 3. The Morgan fingerprint density at radius 3 is 2.15 bits per heavy atom. The molecule has 4 heteroatoms. The third kappa shape index (κ3) is 3.85. The Kier molecular flexibility index (Phi) is 5.24. The van der Waals surface area contributed by atoms with Crippen LogP contribution in [0.2, 0.25) is 0 Å². The normalized spacial score (nSPS) is 11.8. The maximum absolute atomic E-state index is 4.40. The second kappa shape index (κ2) is 7.28. The number of aryl methyl sites for hydroxylation is 2. The van der Waals surface area contributed by atoms with E-state index in [4.69, 9.17) is 0 Å². The Morgan fingerprint density at radius 1 is 0.962 bits per heavy atom. The van der Waals surface area contributed by atoms with Crippen molar-refractivity contribution in [1.29, 1.82) is 0 Å². The zero-order valence-corrected chi connectivity index (χ0v) is 17.3. The highest BCUT2D eigenvalue weighted by Crippen LogP contribution is 2.31. The summed E-state index contributed by atoms with van der Waals surface area (Å²) >= 11 is 1.75. The lowest BCUT2D eigenvalue weighted by Crippen LogP contribution is -2.12. The summed E-state index contributed by atoms with van der Waals surface area (Å²) in [6.07, 6.45) is 0. The minimum absolute atomic E-state index is 0.176. The lowest BCUT2D eigenvalue weighted by Gasteiger charge is -2.22. The molecule has 1 heterocycles. The van der Waals surface area contributed by atoms with Crippen LogP contribution in [0, 0.1) is 13.8 Å². The minimum atomic E-state index is 0.176. The third-order valence-corrected chi connectivity index (χ3v) is 5.82. The Hall–Kier alpha value is -2.07. The summed E-state index contributed by atoms with van der Waals surface area (Å²) in [5, 5.41) is 9.73. The Morgan fingerprint density at radius 2 is 1.58 bits per heavy atom. The maximum Gasteiger partial charge on any atom is 0.191 e. The van der Waals surface area contributed by atoms with Crippen molar-refractivity contribution in [2.45, 2.75) is 50.9 Å². The molecule has 1 aromatic heterocycles. The Labute approximate surface area is 160 Å². The van der Waals surface area contributed by atoms with Gasteiger partial charge in [0.15, 0.2) is 11.0 Å². The van der Waals surface area contributed by atoms with Crippen molar-refractivity contribution in [3.8, 4) is 11.4 Å². The van der Waals surface area contributed by atoms with Crippen molar-refractivity contribution < 1.29 is 0 Å². The van der Waals surface area contributed by atoms with Crippen molar-refractivity contribution in [3.05, 3.63) is 64.7 Å². The van der Waals surface area contributed by atoms with Crippen molar-refractivity contribution in [1.82, 2.24) is 14.8 Å². The summed E-state index contributed by atoms with van der Waals surface area (Å²) < 4.78 is 2.08.